The molecule has 0 spiro atoms. The molecule has 0 aromatic rings. The molecule has 154 valence electrons. The van der Waals surface area contributed by atoms with E-state index < -0.39 is 24.4 Å². The van der Waals surface area contributed by atoms with Crippen LogP contribution in [0.3, 0.4) is 0 Å². The van der Waals surface area contributed by atoms with Crippen molar-refractivity contribution < 1.29 is 24.6 Å². The summed E-state index contributed by atoms with van der Waals surface area (Å²) in [5.41, 5.74) is 0. The first-order chi connectivity index (χ1) is 12.5. The van der Waals surface area contributed by atoms with Crippen LogP contribution in [-0.2, 0) is 14.4 Å². The maximum absolute atomic E-state index is 11.7. The number of carboxylic acids is 2. The van der Waals surface area contributed by atoms with E-state index in [9.17, 15) is 14.4 Å². The van der Waals surface area contributed by atoms with E-state index in [1.165, 1.54) is 64.2 Å². The van der Waals surface area contributed by atoms with E-state index in [0.29, 0.717) is 6.42 Å². The van der Waals surface area contributed by atoms with Gasteiger partial charge >= 0.3 is 63.3 Å². The van der Waals surface area contributed by atoms with Gasteiger partial charge in [-0.25, -0.2) is 4.79 Å². The van der Waals surface area contributed by atoms with Crippen molar-refractivity contribution in [3.63, 3.8) is 0 Å². The van der Waals surface area contributed by atoms with E-state index in [0.717, 1.165) is 12.8 Å². The zero-order valence-electron chi connectivity index (χ0n) is 16.3. The molecule has 1 amide bonds. The number of carbonyl (C=O) groups is 3. The van der Waals surface area contributed by atoms with Crippen LogP contribution in [-0.4, -0.2) is 85.5 Å². The maximum atomic E-state index is 11.7. The van der Waals surface area contributed by atoms with Crippen molar-refractivity contribution in [2.24, 2.45) is 0 Å². The van der Waals surface area contributed by atoms with Crippen LogP contribution in [0.25, 0.3) is 0 Å². The van der Waals surface area contributed by atoms with E-state index in [4.69, 9.17) is 10.2 Å². The molecule has 1 atom stereocenters. The van der Waals surface area contributed by atoms with E-state index in [2.05, 4.69) is 12.2 Å². The van der Waals surface area contributed by atoms with Crippen LogP contribution in [0.1, 0.15) is 103 Å². The summed E-state index contributed by atoms with van der Waals surface area (Å²) in [6.07, 6.45) is 15.5. The average Bonchev–Trinajstić information content (AvgIpc) is 2.58. The minimum atomic E-state index is -1.35. The molecule has 0 saturated carbocycles. The summed E-state index contributed by atoms with van der Waals surface area (Å²) in [4.78, 5) is 33.1. The van der Waals surface area contributed by atoms with Crippen molar-refractivity contribution in [1.29, 1.82) is 0 Å². The molecule has 0 aliphatic carbocycles. The van der Waals surface area contributed by atoms with Crippen LogP contribution in [0.15, 0.2) is 0 Å². The van der Waals surface area contributed by atoms with Gasteiger partial charge in [-0.15, -0.1) is 0 Å². The number of carbonyl (C=O) groups excluding carboxylic acids is 1. The van der Waals surface area contributed by atoms with Crippen LogP contribution in [0.5, 0.6) is 0 Å². The second-order valence-corrected chi connectivity index (χ2v) is 7.05. The molecule has 7 heteroatoms. The Morgan fingerprint density at radius 2 is 1.15 bits per heavy atom. The Balaban J connectivity index is 0. The fourth-order valence-electron chi connectivity index (χ4n) is 2.94. The number of amides is 1. The molecule has 0 radical (unpaired) electrons. The van der Waals surface area contributed by atoms with Gasteiger partial charge in [0.15, 0.2) is 0 Å². The van der Waals surface area contributed by atoms with Crippen molar-refractivity contribution in [2.75, 3.05) is 0 Å². The fourth-order valence-corrected chi connectivity index (χ4v) is 2.94. The summed E-state index contributed by atoms with van der Waals surface area (Å²) in [7, 11) is 0. The van der Waals surface area contributed by atoms with Gasteiger partial charge in [0.1, 0.15) is 6.04 Å². The van der Waals surface area contributed by atoms with Gasteiger partial charge in [-0.1, -0.05) is 84.0 Å². The summed E-state index contributed by atoms with van der Waals surface area (Å²) in [6, 6.07) is -1.35. The third-order valence-corrected chi connectivity index (χ3v) is 4.52. The average molecular weight is 412 g/mol. The molecule has 6 nitrogen and oxygen atoms in total. The van der Waals surface area contributed by atoms with Gasteiger partial charge in [0, 0.05) is 6.42 Å². The second-order valence-electron chi connectivity index (χ2n) is 7.05. The van der Waals surface area contributed by atoms with Crippen LogP contribution >= 0.6 is 0 Å². The molecule has 0 aliphatic heterocycles. The number of unbranched alkanes of at least 4 members (excludes halogenated alkanes) is 12. The van der Waals surface area contributed by atoms with Crippen molar-refractivity contribution in [1.82, 2.24) is 5.32 Å². The first-order valence-corrected chi connectivity index (χ1v) is 10.2. The SMILES string of the molecule is CCCCCCCCCCCCCCCC(=O)N[C@@H](CC(=O)O)C(=O)O.[KH]. The van der Waals surface area contributed by atoms with Gasteiger partial charge in [-0.05, 0) is 6.42 Å². The molecule has 0 bridgehead atoms. The molecular formula is C20H38KNO5. The van der Waals surface area contributed by atoms with Gasteiger partial charge in [-0.3, -0.25) is 9.59 Å². The van der Waals surface area contributed by atoms with Crippen molar-refractivity contribution >= 4 is 69.2 Å². The molecular weight excluding hydrogens is 373 g/mol. The summed E-state index contributed by atoms with van der Waals surface area (Å²) in [6.45, 7) is 2.23. The third kappa shape index (κ3) is 20.6. The van der Waals surface area contributed by atoms with Crippen LogP contribution in [0.2, 0.25) is 0 Å². The van der Waals surface area contributed by atoms with Gasteiger partial charge in [0.05, 0.1) is 6.42 Å². The van der Waals surface area contributed by atoms with Gasteiger partial charge < -0.3 is 15.5 Å². The molecule has 3 N–H and O–H groups in total. The molecule has 27 heavy (non-hydrogen) atoms. The number of aliphatic carboxylic acids is 2. The molecule has 0 aromatic carbocycles. The Labute approximate surface area is 206 Å². The van der Waals surface area contributed by atoms with E-state index in [-0.39, 0.29) is 63.7 Å². The number of rotatable bonds is 18. The van der Waals surface area contributed by atoms with Gasteiger partial charge in [0.25, 0.3) is 0 Å². The van der Waals surface area contributed by atoms with Gasteiger partial charge in [-0.2, -0.15) is 0 Å². The van der Waals surface area contributed by atoms with Crippen molar-refractivity contribution in [2.45, 2.75) is 109 Å². The molecule has 0 heterocycles. The summed E-state index contributed by atoms with van der Waals surface area (Å²) in [5.74, 6) is -2.94. The first-order valence-electron chi connectivity index (χ1n) is 10.2. The Kier molecular flexibility index (Phi) is 22.5. The van der Waals surface area contributed by atoms with Crippen molar-refractivity contribution in [3.05, 3.63) is 0 Å². The predicted molar refractivity (Wildman–Crippen MR) is 109 cm³/mol. The first kappa shape index (κ1) is 29.2. The molecule has 0 fully saturated rings. The predicted octanol–water partition coefficient (Wildman–Crippen LogP) is 3.86. The standard InChI is InChI=1S/C20H37NO5.K.H/c1-2-3-4-5-6-7-8-9-10-11-12-13-14-15-18(22)21-17(20(25)26)16-19(23)24;;/h17H,2-16H2,1H3,(H,21,22)(H,23,24)(H,25,26);;/t17-;;/m0../s1. The molecule has 0 aliphatic rings. The number of hydrogen-bond acceptors (Lipinski definition) is 3. The van der Waals surface area contributed by atoms with E-state index in [1.54, 1.807) is 0 Å². The Hall–Kier alpha value is 0.0464. The summed E-state index contributed by atoms with van der Waals surface area (Å²) >= 11 is 0. The Morgan fingerprint density at radius 3 is 1.52 bits per heavy atom. The monoisotopic (exact) mass is 411 g/mol. The molecule has 0 saturated heterocycles. The number of hydrogen-bond donors (Lipinski definition) is 3. The van der Waals surface area contributed by atoms with Crippen LogP contribution in [0, 0.1) is 0 Å². The fraction of sp³-hybridized carbons (Fsp3) is 0.850. The number of carboxylic acid groups (broad SMARTS) is 2. The summed E-state index contributed by atoms with van der Waals surface area (Å²) in [5, 5.41) is 19.8. The molecule has 0 aromatic heterocycles. The minimum absolute atomic E-state index is 0. The second kappa shape index (κ2) is 20.8. The third-order valence-electron chi connectivity index (χ3n) is 4.52. The number of nitrogens with one attached hydrogen (secondary N) is 1. The van der Waals surface area contributed by atoms with Crippen LogP contribution in [0.4, 0.5) is 0 Å². The van der Waals surface area contributed by atoms with E-state index >= 15 is 0 Å². The summed E-state index contributed by atoms with van der Waals surface area (Å²) < 4.78 is 0. The zero-order chi connectivity index (χ0) is 19.6. The zero-order valence-corrected chi connectivity index (χ0v) is 16.3. The topological polar surface area (TPSA) is 104 Å². The van der Waals surface area contributed by atoms with Crippen molar-refractivity contribution in [3.8, 4) is 0 Å². The van der Waals surface area contributed by atoms with Gasteiger partial charge in [0.2, 0.25) is 5.91 Å². The normalized spacial score (nSPS) is 11.4. The van der Waals surface area contributed by atoms with Crippen LogP contribution < -0.4 is 5.32 Å². The Morgan fingerprint density at radius 1 is 0.741 bits per heavy atom. The molecule has 0 unspecified atom stereocenters. The Bertz CT molecular complexity index is 404. The molecule has 0 rings (SSSR count). The quantitative estimate of drug-likeness (QED) is 0.235. The van der Waals surface area contributed by atoms with E-state index in [1.807, 2.05) is 0 Å².